The molecule has 2 aliphatic carbocycles. The molecule has 18 heavy (non-hydrogen) atoms. The molecule has 0 aromatic heterocycles. The van der Waals surface area contributed by atoms with Gasteiger partial charge in [0, 0.05) is 6.04 Å². The molecular weight excluding hydrogens is 232 g/mol. The number of aliphatic carboxylic acids is 1. The van der Waals surface area contributed by atoms with Crippen LogP contribution in [0, 0.1) is 17.8 Å². The van der Waals surface area contributed by atoms with Gasteiger partial charge in [-0.25, -0.2) is 4.79 Å². The van der Waals surface area contributed by atoms with Crippen molar-refractivity contribution in [3.8, 4) is 0 Å². The van der Waals surface area contributed by atoms with Crippen LogP contribution < -0.4 is 11.1 Å². The van der Waals surface area contributed by atoms with Crippen molar-refractivity contribution in [3.63, 3.8) is 0 Å². The van der Waals surface area contributed by atoms with E-state index in [1.165, 1.54) is 0 Å². The number of fused-ring (bicyclic) bond motifs is 2. The molecule has 0 radical (unpaired) electrons. The minimum Gasteiger partial charge on any atom is -0.480 e. The highest BCUT2D eigenvalue weighted by Gasteiger charge is 2.49. The summed E-state index contributed by atoms with van der Waals surface area (Å²) in [5, 5.41) is 11.7. The fourth-order valence-corrected chi connectivity index (χ4v) is 3.54. The SMILES string of the molecule is CCC[C@@H](NC(=O)C1C2CCC(C2)C1N)C(=O)O. The van der Waals surface area contributed by atoms with Crippen molar-refractivity contribution in [1.82, 2.24) is 5.32 Å². The third kappa shape index (κ3) is 2.36. The molecule has 5 heteroatoms. The highest BCUT2D eigenvalue weighted by Crippen LogP contribution is 2.47. The van der Waals surface area contributed by atoms with Gasteiger partial charge < -0.3 is 16.2 Å². The van der Waals surface area contributed by atoms with Crippen LogP contribution in [0.1, 0.15) is 39.0 Å². The second-order valence-electron chi connectivity index (χ2n) is 5.62. The maximum atomic E-state index is 12.2. The van der Waals surface area contributed by atoms with E-state index < -0.39 is 12.0 Å². The van der Waals surface area contributed by atoms with Crippen LogP contribution in [-0.2, 0) is 9.59 Å². The summed E-state index contributed by atoms with van der Waals surface area (Å²) in [4.78, 5) is 23.2. The van der Waals surface area contributed by atoms with Gasteiger partial charge in [0.05, 0.1) is 5.92 Å². The molecule has 2 aliphatic rings. The Hall–Kier alpha value is -1.10. The number of carboxylic acids is 1. The minimum absolute atomic E-state index is 0.0835. The van der Waals surface area contributed by atoms with Gasteiger partial charge in [0.1, 0.15) is 6.04 Å². The summed E-state index contributed by atoms with van der Waals surface area (Å²) >= 11 is 0. The van der Waals surface area contributed by atoms with Crippen molar-refractivity contribution >= 4 is 11.9 Å². The van der Waals surface area contributed by atoms with Crippen LogP contribution >= 0.6 is 0 Å². The standard InChI is InChI=1S/C13H22N2O3/c1-2-3-9(13(17)18)15-12(16)10-7-4-5-8(6-7)11(10)14/h7-11H,2-6,14H2,1H3,(H,15,16)(H,17,18)/t7?,8?,9-,10?,11?/m1/s1. The number of amides is 1. The molecule has 4 unspecified atom stereocenters. The Morgan fingerprint density at radius 3 is 2.56 bits per heavy atom. The molecule has 1 amide bonds. The topological polar surface area (TPSA) is 92.4 Å². The fraction of sp³-hybridized carbons (Fsp3) is 0.846. The first-order valence-corrected chi connectivity index (χ1v) is 6.83. The quantitative estimate of drug-likeness (QED) is 0.674. The van der Waals surface area contributed by atoms with Crippen molar-refractivity contribution in [2.75, 3.05) is 0 Å². The van der Waals surface area contributed by atoms with Crippen LogP contribution in [0.2, 0.25) is 0 Å². The second-order valence-corrected chi connectivity index (χ2v) is 5.62. The average Bonchev–Trinajstić information content (AvgIpc) is 2.88. The fourth-order valence-electron chi connectivity index (χ4n) is 3.54. The summed E-state index contributed by atoms with van der Waals surface area (Å²) < 4.78 is 0. The monoisotopic (exact) mass is 254 g/mol. The normalized spacial score (nSPS) is 35.4. The van der Waals surface area contributed by atoms with Gasteiger partial charge >= 0.3 is 5.97 Å². The molecule has 2 rings (SSSR count). The van der Waals surface area contributed by atoms with Crippen LogP contribution in [0.4, 0.5) is 0 Å². The molecule has 102 valence electrons. The first kappa shape index (κ1) is 13.3. The third-order valence-corrected chi connectivity index (χ3v) is 4.48. The Bertz CT molecular complexity index is 343. The van der Waals surface area contributed by atoms with Gasteiger partial charge in [0.25, 0.3) is 0 Å². The molecule has 0 heterocycles. The summed E-state index contributed by atoms with van der Waals surface area (Å²) in [6.07, 6.45) is 4.41. The van der Waals surface area contributed by atoms with Crippen LogP contribution in [0.25, 0.3) is 0 Å². The van der Waals surface area contributed by atoms with Gasteiger partial charge in [0.15, 0.2) is 0 Å². The molecule has 0 saturated heterocycles. The van der Waals surface area contributed by atoms with Crippen molar-refractivity contribution in [1.29, 1.82) is 0 Å². The van der Waals surface area contributed by atoms with Gasteiger partial charge in [-0.1, -0.05) is 13.3 Å². The molecule has 2 bridgehead atoms. The number of hydrogen-bond donors (Lipinski definition) is 3. The number of carboxylic acid groups (broad SMARTS) is 1. The summed E-state index contributed by atoms with van der Waals surface area (Å²) in [5.41, 5.74) is 6.08. The Morgan fingerprint density at radius 1 is 1.39 bits per heavy atom. The highest BCUT2D eigenvalue weighted by atomic mass is 16.4. The van der Waals surface area contributed by atoms with E-state index in [0.29, 0.717) is 18.3 Å². The average molecular weight is 254 g/mol. The number of rotatable bonds is 5. The Balaban J connectivity index is 1.97. The van der Waals surface area contributed by atoms with Gasteiger partial charge in [-0.2, -0.15) is 0 Å². The number of nitrogens with two attached hydrogens (primary N) is 1. The van der Waals surface area contributed by atoms with E-state index in [-0.39, 0.29) is 17.9 Å². The van der Waals surface area contributed by atoms with Crippen molar-refractivity contribution < 1.29 is 14.7 Å². The van der Waals surface area contributed by atoms with Crippen LogP contribution in [-0.4, -0.2) is 29.1 Å². The molecule has 5 atom stereocenters. The van der Waals surface area contributed by atoms with E-state index >= 15 is 0 Å². The predicted molar refractivity (Wildman–Crippen MR) is 66.8 cm³/mol. The van der Waals surface area contributed by atoms with Crippen LogP contribution in [0.15, 0.2) is 0 Å². The lowest BCUT2D eigenvalue weighted by molar-refractivity contribution is -0.143. The van der Waals surface area contributed by atoms with Crippen LogP contribution in [0.5, 0.6) is 0 Å². The number of carbonyl (C=O) groups is 2. The van der Waals surface area contributed by atoms with Gasteiger partial charge in [-0.15, -0.1) is 0 Å². The van der Waals surface area contributed by atoms with Crippen molar-refractivity contribution in [3.05, 3.63) is 0 Å². The zero-order valence-corrected chi connectivity index (χ0v) is 10.8. The second kappa shape index (κ2) is 5.26. The summed E-state index contributed by atoms with van der Waals surface area (Å²) in [6, 6.07) is -0.853. The zero-order chi connectivity index (χ0) is 13.3. The number of hydrogen-bond acceptors (Lipinski definition) is 3. The molecule has 5 nitrogen and oxygen atoms in total. The molecular formula is C13H22N2O3. The Labute approximate surface area is 107 Å². The largest absolute Gasteiger partial charge is 0.480 e. The molecule has 0 aromatic carbocycles. The highest BCUT2D eigenvalue weighted by molar-refractivity contribution is 5.86. The summed E-state index contributed by atoms with van der Waals surface area (Å²) in [5.74, 6) is -0.471. The molecule has 2 saturated carbocycles. The molecule has 0 aromatic rings. The van der Waals surface area contributed by atoms with Gasteiger partial charge in [-0.05, 0) is 37.5 Å². The molecule has 0 spiro atoms. The lowest BCUT2D eigenvalue weighted by atomic mass is 9.84. The van der Waals surface area contributed by atoms with E-state index in [4.69, 9.17) is 10.8 Å². The smallest absolute Gasteiger partial charge is 0.326 e. The summed E-state index contributed by atoms with van der Waals surface area (Å²) in [6.45, 7) is 1.91. The van der Waals surface area contributed by atoms with E-state index in [0.717, 1.165) is 25.7 Å². The Kier molecular flexibility index (Phi) is 3.90. The van der Waals surface area contributed by atoms with Crippen molar-refractivity contribution in [2.24, 2.45) is 23.5 Å². The van der Waals surface area contributed by atoms with E-state index in [2.05, 4.69) is 5.32 Å². The van der Waals surface area contributed by atoms with E-state index in [9.17, 15) is 9.59 Å². The van der Waals surface area contributed by atoms with Crippen LogP contribution in [0.3, 0.4) is 0 Å². The van der Waals surface area contributed by atoms with E-state index in [1.54, 1.807) is 0 Å². The maximum absolute atomic E-state index is 12.2. The summed E-state index contributed by atoms with van der Waals surface area (Å²) in [7, 11) is 0. The maximum Gasteiger partial charge on any atom is 0.326 e. The lowest BCUT2D eigenvalue weighted by Crippen LogP contribution is -2.50. The third-order valence-electron chi connectivity index (χ3n) is 4.48. The van der Waals surface area contributed by atoms with E-state index in [1.807, 2.05) is 6.92 Å². The molecule has 2 fully saturated rings. The molecule has 4 N–H and O–H groups in total. The number of carbonyl (C=O) groups excluding carboxylic acids is 1. The van der Waals surface area contributed by atoms with Crippen molar-refractivity contribution in [2.45, 2.75) is 51.1 Å². The zero-order valence-electron chi connectivity index (χ0n) is 10.8. The van der Waals surface area contributed by atoms with Gasteiger partial charge in [0.2, 0.25) is 5.91 Å². The molecule has 0 aliphatic heterocycles. The van der Waals surface area contributed by atoms with Gasteiger partial charge in [-0.3, -0.25) is 4.79 Å². The first-order chi connectivity index (χ1) is 8.54. The Morgan fingerprint density at radius 2 is 2.06 bits per heavy atom. The lowest BCUT2D eigenvalue weighted by Gasteiger charge is -2.28. The minimum atomic E-state index is -0.957. The first-order valence-electron chi connectivity index (χ1n) is 6.83. The number of nitrogens with one attached hydrogen (secondary N) is 1. The predicted octanol–water partition coefficient (Wildman–Crippen LogP) is 0.729.